The molecule has 0 radical (unpaired) electrons. The summed E-state index contributed by atoms with van der Waals surface area (Å²) in [5.74, 6) is 2.53. The van der Waals surface area contributed by atoms with Gasteiger partial charge in [0.1, 0.15) is 17.5 Å². The Labute approximate surface area is 145 Å². The fraction of sp³-hybridized carbons (Fsp3) is 0.438. The van der Waals surface area contributed by atoms with Gasteiger partial charge in [0.05, 0.1) is 5.00 Å². The number of amides is 2. The molecule has 1 aliphatic heterocycles. The second kappa shape index (κ2) is 7.96. The van der Waals surface area contributed by atoms with Crippen molar-refractivity contribution in [3.8, 4) is 0 Å². The first-order valence-corrected chi connectivity index (χ1v) is 9.01. The van der Waals surface area contributed by atoms with Crippen molar-refractivity contribution >= 4 is 34.0 Å². The lowest BCUT2D eigenvalue weighted by molar-refractivity contribution is 0.252. The molecule has 24 heavy (non-hydrogen) atoms. The van der Waals surface area contributed by atoms with Gasteiger partial charge in [-0.2, -0.15) is 0 Å². The molecule has 2 amide bonds. The van der Waals surface area contributed by atoms with Crippen LogP contribution in [0, 0.1) is 6.92 Å². The standard InChI is InChI=1S/C16H22N6OS/c1-12-19-13(11-14(20-12)22-8-2-3-9-22)17-6-7-18-16(23)21-15-5-4-10-24-15/h4-5,10-11H,2-3,6-9H2,1H3,(H,17,19,20)(H2,18,21,23). The Balaban J connectivity index is 1.45. The van der Waals surface area contributed by atoms with Crippen molar-refractivity contribution in [3.05, 3.63) is 29.4 Å². The molecule has 0 aliphatic carbocycles. The van der Waals surface area contributed by atoms with E-state index in [1.54, 1.807) is 0 Å². The van der Waals surface area contributed by atoms with Crippen molar-refractivity contribution in [1.82, 2.24) is 15.3 Å². The first-order valence-electron chi connectivity index (χ1n) is 8.13. The highest BCUT2D eigenvalue weighted by Crippen LogP contribution is 2.20. The van der Waals surface area contributed by atoms with Gasteiger partial charge in [0, 0.05) is 32.2 Å². The van der Waals surface area contributed by atoms with Crippen LogP contribution < -0.4 is 20.9 Å². The average molecular weight is 346 g/mol. The number of nitrogens with zero attached hydrogens (tertiary/aromatic N) is 3. The molecule has 0 unspecified atom stereocenters. The monoisotopic (exact) mass is 346 g/mol. The minimum atomic E-state index is -0.198. The number of hydrogen-bond acceptors (Lipinski definition) is 6. The highest BCUT2D eigenvalue weighted by molar-refractivity contribution is 7.14. The number of aryl methyl sites for hydroxylation is 1. The predicted molar refractivity (Wildman–Crippen MR) is 98.0 cm³/mol. The first kappa shape index (κ1) is 16.5. The minimum Gasteiger partial charge on any atom is -0.368 e. The highest BCUT2D eigenvalue weighted by atomic mass is 32.1. The summed E-state index contributed by atoms with van der Waals surface area (Å²) in [5, 5.41) is 11.6. The smallest absolute Gasteiger partial charge is 0.319 e. The van der Waals surface area contributed by atoms with Gasteiger partial charge >= 0.3 is 6.03 Å². The van der Waals surface area contributed by atoms with Crippen LogP contribution in [0.3, 0.4) is 0 Å². The molecule has 0 saturated carbocycles. The summed E-state index contributed by atoms with van der Waals surface area (Å²) in [6, 6.07) is 5.55. The van der Waals surface area contributed by atoms with Gasteiger partial charge in [0.15, 0.2) is 0 Å². The van der Waals surface area contributed by atoms with Gasteiger partial charge in [-0.05, 0) is 37.3 Å². The van der Waals surface area contributed by atoms with E-state index in [1.807, 2.05) is 30.5 Å². The van der Waals surface area contributed by atoms with Crippen molar-refractivity contribution in [2.75, 3.05) is 41.7 Å². The molecule has 1 saturated heterocycles. The Morgan fingerprint density at radius 1 is 1.29 bits per heavy atom. The minimum absolute atomic E-state index is 0.198. The number of aromatic nitrogens is 2. The quantitative estimate of drug-likeness (QED) is 0.701. The zero-order valence-electron chi connectivity index (χ0n) is 13.7. The van der Waals surface area contributed by atoms with Crippen molar-refractivity contribution in [2.24, 2.45) is 0 Å². The average Bonchev–Trinajstić information content (AvgIpc) is 3.24. The Morgan fingerprint density at radius 3 is 2.88 bits per heavy atom. The summed E-state index contributed by atoms with van der Waals surface area (Å²) in [6.07, 6.45) is 2.43. The summed E-state index contributed by atoms with van der Waals surface area (Å²) < 4.78 is 0. The van der Waals surface area contributed by atoms with Crippen LogP contribution in [0.15, 0.2) is 23.6 Å². The van der Waals surface area contributed by atoms with E-state index in [1.165, 1.54) is 24.2 Å². The van der Waals surface area contributed by atoms with Crippen LogP contribution in [-0.4, -0.2) is 42.2 Å². The number of nitrogens with one attached hydrogen (secondary N) is 3. The van der Waals surface area contributed by atoms with Crippen LogP contribution in [0.2, 0.25) is 0 Å². The summed E-state index contributed by atoms with van der Waals surface area (Å²) in [4.78, 5) is 22.9. The zero-order chi connectivity index (χ0) is 16.8. The van der Waals surface area contributed by atoms with E-state index in [4.69, 9.17) is 0 Å². The lowest BCUT2D eigenvalue weighted by Crippen LogP contribution is -2.32. The van der Waals surface area contributed by atoms with E-state index in [-0.39, 0.29) is 6.03 Å². The van der Waals surface area contributed by atoms with Gasteiger partial charge < -0.3 is 15.5 Å². The van der Waals surface area contributed by atoms with Crippen LogP contribution in [0.4, 0.5) is 21.4 Å². The third-order valence-electron chi connectivity index (χ3n) is 3.73. The molecule has 2 aromatic rings. The fourth-order valence-electron chi connectivity index (χ4n) is 2.62. The van der Waals surface area contributed by atoms with Gasteiger partial charge in [0.2, 0.25) is 0 Å². The highest BCUT2D eigenvalue weighted by Gasteiger charge is 2.14. The molecule has 0 aromatic carbocycles. The molecule has 0 spiro atoms. The lowest BCUT2D eigenvalue weighted by Gasteiger charge is -2.17. The number of hydrogen-bond donors (Lipinski definition) is 3. The van der Waals surface area contributed by atoms with E-state index in [0.717, 1.165) is 35.6 Å². The summed E-state index contributed by atoms with van der Waals surface area (Å²) in [7, 11) is 0. The van der Waals surface area contributed by atoms with Gasteiger partial charge in [-0.15, -0.1) is 11.3 Å². The van der Waals surface area contributed by atoms with Crippen LogP contribution in [-0.2, 0) is 0 Å². The van der Waals surface area contributed by atoms with E-state index >= 15 is 0 Å². The fourth-order valence-corrected chi connectivity index (χ4v) is 3.24. The van der Waals surface area contributed by atoms with E-state index in [0.29, 0.717) is 13.1 Å². The number of anilines is 3. The van der Waals surface area contributed by atoms with Crippen LogP contribution in [0.25, 0.3) is 0 Å². The molecule has 1 aliphatic rings. The van der Waals surface area contributed by atoms with Gasteiger partial charge in [0.25, 0.3) is 0 Å². The SMILES string of the molecule is Cc1nc(NCCNC(=O)Nc2cccs2)cc(N2CCCC2)n1. The molecule has 128 valence electrons. The first-order chi connectivity index (χ1) is 11.7. The molecule has 0 atom stereocenters. The third-order valence-corrected chi connectivity index (χ3v) is 4.51. The Bertz CT molecular complexity index is 669. The van der Waals surface area contributed by atoms with E-state index in [2.05, 4.69) is 30.8 Å². The molecular formula is C16H22N6OS. The molecular weight excluding hydrogens is 324 g/mol. The van der Waals surface area contributed by atoms with Crippen molar-refractivity contribution < 1.29 is 4.79 Å². The molecule has 1 fully saturated rings. The maximum absolute atomic E-state index is 11.7. The van der Waals surface area contributed by atoms with Crippen LogP contribution >= 0.6 is 11.3 Å². The molecule has 7 nitrogen and oxygen atoms in total. The second-order valence-corrected chi connectivity index (χ2v) is 6.59. The normalized spacial score (nSPS) is 13.8. The zero-order valence-corrected chi connectivity index (χ0v) is 14.5. The number of rotatable bonds is 6. The van der Waals surface area contributed by atoms with Crippen molar-refractivity contribution in [1.29, 1.82) is 0 Å². The number of thiophene rings is 1. The Kier molecular flexibility index (Phi) is 5.47. The van der Waals surface area contributed by atoms with Gasteiger partial charge in [-0.25, -0.2) is 14.8 Å². The van der Waals surface area contributed by atoms with Gasteiger partial charge in [-0.1, -0.05) is 0 Å². The third kappa shape index (κ3) is 4.58. The molecule has 8 heteroatoms. The lowest BCUT2D eigenvalue weighted by atomic mass is 10.4. The van der Waals surface area contributed by atoms with Crippen LogP contribution in [0.1, 0.15) is 18.7 Å². The molecule has 3 rings (SSSR count). The van der Waals surface area contributed by atoms with Crippen molar-refractivity contribution in [3.63, 3.8) is 0 Å². The summed E-state index contributed by atoms with van der Waals surface area (Å²) in [6.45, 7) is 5.13. The predicted octanol–water partition coefficient (Wildman–Crippen LogP) is 2.68. The maximum atomic E-state index is 11.7. The molecule has 2 aromatic heterocycles. The molecule has 0 bridgehead atoms. The van der Waals surface area contributed by atoms with E-state index < -0.39 is 0 Å². The maximum Gasteiger partial charge on any atom is 0.319 e. The summed E-state index contributed by atoms with van der Waals surface area (Å²) >= 11 is 1.49. The number of urea groups is 1. The Morgan fingerprint density at radius 2 is 2.12 bits per heavy atom. The van der Waals surface area contributed by atoms with Gasteiger partial charge in [-0.3, -0.25) is 5.32 Å². The van der Waals surface area contributed by atoms with Crippen molar-refractivity contribution in [2.45, 2.75) is 19.8 Å². The Hall–Kier alpha value is -2.35. The molecule has 3 N–H and O–H groups in total. The number of carbonyl (C=O) groups excluding carboxylic acids is 1. The largest absolute Gasteiger partial charge is 0.368 e. The topological polar surface area (TPSA) is 82.2 Å². The summed E-state index contributed by atoms with van der Waals surface area (Å²) in [5.41, 5.74) is 0. The molecule has 3 heterocycles. The number of carbonyl (C=O) groups is 1. The van der Waals surface area contributed by atoms with Crippen LogP contribution in [0.5, 0.6) is 0 Å². The second-order valence-electron chi connectivity index (χ2n) is 5.64. The van der Waals surface area contributed by atoms with E-state index in [9.17, 15) is 4.79 Å².